The van der Waals surface area contributed by atoms with Crippen molar-refractivity contribution in [2.24, 2.45) is 0 Å². The van der Waals surface area contributed by atoms with Crippen LogP contribution in [0.2, 0.25) is 0 Å². The quantitative estimate of drug-likeness (QED) is 0.602. The lowest BCUT2D eigenvalue weighted by Crippen LogP contribution is -2.16. The minimum absolute atomic E-state index is 0.202. The van der Waals surface area contributed by atoms with Gasteiger partial charge in [0.15, 0.2) is 11.4 Å². The molecule has 2 aromatic heterocycles. The molecule has 0 atom stereocenters. The molecule has 0 unspecified atom stereocenters. The molecule has 1 N–H and O–H groups in total. The minimum atomic E-state index is -0.202. The first kappa shape index (κ1) is 18.8. The highest BCUT2D eigenvalue weighted by atomic mass is 16.5. The number of ether oxygens (including phenoxy) is 2. The van der Waals surface area contributed by atoms with E-state index in [0.29, 0.717) is 35.8 Å². The molecule has 1 aromatic carbocycles. The predicted octanol–water partition coefficient (Wildman–Crippen LogP) is 4.34. The van der Waals surface area contributed by atoms with Gasteiger partial charge in [-0.3, -0.25) is 9.20 Å². The highest BCUT2D eigenvalue weighted by Gasteiger charge is 2.20. The molecule has 0 aliphatic heterocycles. The summed E-state index contributed by atoms with van der Waals surface area (Å²) in [7, 11) is 1.60. The van der Waals surface area contributed by atoms with Gasteiger partial charge >= 0.3 is 0 Å². The molecule has 0 aliphatic carbocycles. The van der Waals surface area contributed by atoms with Crippen LogP contribution in [-0.2, 0) is 6.42 Å². The summed E-state index contributed by atoms with van der Waals surface area (Å²) in [4.78, 5) is 17.5. The first-order chi connectivity index (χ1) is 13.2. The zero-order valence-corrected chi connectivity index (χ0v) is 16.0. The number of rotatable bonds is 8. The van der Waals surface area contributed by atoms with Gasteiger partial charge in [0.2, 0.25) is 0 Å². The number of hydrogen-bond acceptors (Lipinski definition) is 4. The Bertz CT molecular complexity index is 916. The van der Waals surface area contributed by atoms with Crippen molar-refractivity contribution < 1.29 is 14.3 Å². The fourth-order valence-corrected chi connectivity index (χ4v) is 2.90. The number of hydrogen-bond donors (Lipinski definition) is 1. The van der Waals surface area contributed by atoms with Crippen LogP contribution >= 0.6 is 0 Å². The Balaban J connectivity index is 1.82. The summed E-state index contributed by atoms with van der Waals surface area (Å²) in [5, 5.41) is 2.95. The summed E-state index contributed by atoms with van der Waals surface area (Å²) in [6.07, 6.45) is 4.59. The molecule has 6 nitrogen and oxygen atoms in total. The molecule has 0 saturated carbocycles. The summed E-state index contributed by atoms with van der Waals surface area (Å²) >= 11 is 0. The zero-order valence-electron chi connectivity index (χ0n) is 16.0. The number of pyridine rings is 1. The molecule has 0 bridgehead atoms. The van der Waals surface area contributed by atoms with Crippen LogP contribution in [0.5, 0.6) is 11.5 Å². The number of nitrogens with one attached hydrogen (secondary N) is 1. The number of carbonyl (C=O) groups excluding carboxylic acids is 1. The average molecular weight is 367 g/mol. The Morgan fingerprint density at radius 3 is 2.63 bits per heavy atom. The lowest BCUT2D eigenvalue weighted by Gasteiger charge is -2.09. The second-order valence-corrected chi connectivity index (χ2v) is 6.21. The van der Waals surface area contributed by atoms with Crippen LogP contribution in [0, 0.1) is 0 Å². The number of aryl methyl sites for hydroxylation is 1. The maximum absolute atomic E-state index is 12.9. The Labute approximate surface area is 159 Å². The van der Waals surface area contributed by atoms with E-state index in [-0.39, 0.29) is 5.91 Å². The van der Waals surface area contributed by atoms with Crippen molar-refractivity contribution in [3.05, 3.63) is 54.0 Å². The first-order valence-electron chi connectivity index (χ1n) is 9.26. The molecule has 0 radical (unpaired) electrons. The fourth-order valence-electron chi connectivity index (χ4n) is 2.90. The van der Waals surface area contributed by atoms with Crippen LogP contribution in [-0.4, -0.2) is 29.0 Å². The highest BCUT2D eigenvalue weighted by Crippen LogP contribution is 2.23. The molecule has 142 valence electrons. The second-order valence-electron chi connectivity index (χ2n) is 6.21. The summed E-state index contributed by atoms with van der Waals surface area (Å²) in [5.74, 6) is 1.24. The molecule has 0 saturated heterocycles. The third kappa shape index (κ3) is 4.05. The van der Waals surface area contributed by atoms with Gasteiger partial charge < -0.3 is 14.8 Å². The van der Waals surface area contributed by atoms with Crippen LogP contribution in [0.3, 0.4) is 0 Å². The Kier molecular flexibility index (Phi) is 5.96. The molecule has 2 heterocycles. The van der Waals surface area contributed by atoms with Gasteiger partial charge in [0, 0.05) is 11.9 Å². The van der Waals surface area contributed by atoms with E-state index in [1.165, 1.54) is 0 Å². The number of anilines is 1. The lowest BCUT2D eigenvalue weighted by molar-refractivity contribution is 0.102. The number of aromatic nitrogens is 2. The van der Waals surface area contributed by atoms with E-state index in [4.69, 9.17) is 9.47 Å². The van der Waals surface area contributed by atoms with Crippen LogP contribution < -0.4 is 14.8 Å². The van der Waals surface area contributed by atoms with Gasteiger partial charge in [-0.05, 0) is 49.2 Å². The normalized spacial score (nSPS) is 10.8. The molecular formula is C21H25N3O3. The third-order valence-corrected chi connectivity index (χ3v) is 4.34. The predicted molar refractivity (Wildman–Crippen MR) is 106 cm³/mol. The number of amides is 1. The van der Waals surface area contributed by atoms with Crippen molar-refractivity contribution in [3.8, 4) is 11.5 Å². The average Bonchev–Trinajstić information content (AvgIpc) is 3.08. The number of benzene rings is 1. The Morgan fingerprint density at radius 1 is 1.19 bits per heavy atom. The number of imidazole rings is 1. The summed E-state index contributed by atoms with van der Waals surface area (Å²) in [6, 6.07) is 11.1. The van der Waals surface area contributed by atoms with Gasteiger partial charge in [-0.1, -0.05) is 20.3 Å². The van der Waals surface area contributed by atoms with Crippen molar-refractivity contribution in [2.75, 3.05) is 19.0 Å². The van der Waals surface area contributed by atoms with Crippen molar-refractivity contribution in [1.82, 2.24) is 9.38 Å². The Hall–Kier alpha value is -3.02. The van der Waals surface area contributed by atoms with E-state index >= 15 is 0 Å². The topological polar surface area (TPSA) is 64.9 Å². The van der Waals surface area contributed by atoms with Gasteiger partial charge in [0.1, 0.15) is 11.4 Å². The van der Waals surface area contributed by atoms with Crippen LogP contribution in [0.15, 0.2) is 42.6 Å². The maximum Gasteiger partial charge on any atom is 0.274 e. The van der Waals surface area contributed by atoms with Crippen molar-refractivity contribution in [3.63, 3.8) is 0 Å². The molecule has 0 fully saturated rings. The van der Waals surface area contributed by atoms with Crippen molar-refractivity contribution >= 4 is 17.2 Å². The van der Waals surface area contributed by atoms with E-state index in [0.717, 1.165) is 24.3 Å². The zero-order chi connectivity index (χ0) is 19.2. The molecule has 3 rings (SSSR count). The summed E-state index contributed by atoms with van der Waals surface area (Å²) in [6.45, 7) is 4.81. The van der Waals surface area contributed by atoms with Gasteiger partial charge in [0.05, 0.1) is 19.4 Å². The van der Waals surface area contributed by atoms with Crippen molar-refractivity contribution in [1.29, 1.82) is 0 Å². The standard InChI is InChI=1S/C21H25N3O3/c1-4-6-14-27-16-11-9-15(10-12-16)22-21(25)19-17(5-2)23-20-18(26-3)8-7-13-24(19)20/h7-13H,4-6,14H2,1-3H3,(H,22,25). The van der Waals surface area contributed by atoms with Gasteiger partial charge in [0.25, 0.3) is 5.91 Å². The van der Waals surface area contributed by atoms with E-state index in [9.17, 15) is 4.79 Å². The third-order valence-electron chi connectivity index (χ3n) is 4.34. The van der Waals surface area contributed by atoms with Gasteiger partial charge in [-0.25, -0.2) is 4.98 Å². The van der Waals surface area contributed by atoms with E-state index < -0.39 is 0 Å². The monoisotopic (exact) mass is 367 g/mol. The van der Waals surface area contributed by atoms with E-state index in [2.05, 4.69) is 17.2 Å². The first-order valence-corrected chi connectivity index (χ1v) is 9.26. The van der Waals surface area contributed by atoms with E-state index in [1.807, 2.05) is 49.5 Å². The lowest BCUT2D eigenvalue weighted by atomic mass is 10.2. The second kappa shape index (κ2) is 8.58. The molecular weight excluding hydrogens is 342 g/mol. The molecule has 1 amide bonds. The molecule has 3 aromatic rings. The van der Waals surface area contributed by atoms with Crippen LogP contribution in [0.4, 0.5) is 5.69 Å². The van der Waals surface area contributed by atoms with E-state index in [1.54, 1.807) is 11.5 Å². The molecule has 0 spiro atoms. The summed E-state index contributed by atoms with van der Waals surface area (Å²) in [5.41, 5.74) is 2.61. The Morgan fingerprint density at radius 2 is 1.96 bits per heavy atom. The largest absolute Gasteiger partial charge is 0.494 e. The molecule has 27 heavy (non-hydrogen) atoms. The maximum atomic E-state index is 12.9. The minimum Gasteiger partial charge on any atom is -0.494 e. The smallest absolute Gasteiger partial charge is 0.274 e. The van der Waals surface area contributed by atoms with Crippen molar-refractivity contribution in [2.45, 2.75) is 33.1 Å². The van der Waals surface area contributed by atoms with Gasteiger partial charge in [-0.15, -0.1) is 0 Å². The SMILES string of the molecule is CCCCOc1ccc(NC(=O)c2c(CC)nc3c(OC)cccn23)cc1. The van der Waals surface area contributed by atoms with Crippen LogP contribution in [0.1, 0.15) is 42.9 Å². The molecule has 0 aliphatic rings. The number of carbonyl (C=O) groups is 1. The fraction of sp³-hybridized carbons (Fsp3) is 0.333. The number of unbranched alkanes of at least 4 members (excludes halogenated alkanes) is 1. The highest BCUT2D eigenvalue weighted by molar-refractivity contribution is 6.04. The number of methoxy groups -OCH3 is 1. The summed E-state index contributed by atoms with van der Waals surface area (Å²) < 4.78 is 12.8. The molecule has 6 heteroatoms. The number of fused-ring (bicyclic) bond motifs is 1. The number of nitrogens with zero attached hydrogens (tertiary/aromatic N) is 2. The van der Waals surface area contributed by atoms with Gasteiger partial charge in [-0.2, -0.15) is 0 Å². The van der Waals surface area contributed by atoms with Crippen LogP contribution in [0.25, 0.3) is 5.65 Å².